The zero-order chi connectivity index (χ0) is 27.2. The van der Waals surface area contributed by atoms with Crippen molar-refractivity contribution in [1.82, 2.24) is 15.1 Å². The molecule has 0 saturated heterocycles. The second kappa shape index (κ2) is 11.4. The molecular formula is C31H25FN4O3. The molecule has 5 rings (SSSR count). The van der Waals surface area contributed by atoms with Gasteiger partial charge >= 0.3 is 0 Å². The first-order valence-electron chi connectivity index (χ1n) is 12.3. The molecule has 1 aromatic heterocycles. The topological polar surface area (TPSA) is 85.2 Å². The Hall–Kier alpha value is -5.24. The summed E-state index contributed by atoms with van der Waals surface area (Å²) in [6.45, 7) is 2.35. The quantitative estimate of drug-likeness (QED) is 0.257. The number of ether oxygens (including phenoxy) is 1. The molecule has 0 unspecified atom stereocenters. The average molecular weight is 521 g/mol. The van der Waals surface area contributed by atoms with Gasteiger partial charge in [-0.05, 0) is 78.7 Å². The summed E-state index contributed by atoms with van der Waals surface area (Å²) in [5, 5.41) is 10.3. The minimum atomic E-state index is -0.489. The molecule has 39 heavy (non-hydrogen) atoms. The third kappa shape index (κ3) is 6.19. The Kier molecular flexibility index (Phi) is 7.45. The van der Waals surface area contributed by atoms with Gasteiger partial charge in [-0.25, -0.2) is 4.39 Å². The number of rotatable bonds is 8. The maximum Gasteiger partial charge on any atom is 0.299 e. The monoisotopic (exact) mass is 520 g/mol. The second-order valence-corrected chi connectivity index (χ2v) is 8.87. The third-order valence-electron chi connectivity index (χ3n) is 5.94. The first kappa shape index (κ1) is 25.4. The van der Waals surface area contributed by atoms with E-state index >= 15 is 0 Å². The predicted molar refractivity (Wildman–Crippen MR) is 148 cm³/mol. The predicted octanol–water partition coefficient (Wildman–Crippen LogP) is 6.15. The Balaban J connectivity index is 1.42. The number of aromatic nitrogens is 2. The molecule has 194 valence electrons. The van der Waals surface area contributed by atoms with Crippen molar-refractivity contribution in [2.24, 2.45) is 0 Å². The Morgan fingerprint density at radius 2 is 1.67 bits per heavy atom. The molecule has 0 radical (unpaired) electrons. The molecule has 0 atom stereocenters. The number of aryl methyl sites for hydroxylation is 1. The number of carbonyl (C=O) groups excluding carboxylic acids is 1. The molecule has 0 bridgehead atoms. The van der Waals surface area contributed by atoms with Gasteiger partial charge in [0.1, 0.15) is 11.6 Å². The molecule has 0 spiro atoms. The first-order valence-corrected chi connectivity index (χ1v) is 12.3. The van der Waals surface area contributed by atoms with Crippen LogP contribution >= 0.6 is 0 Å². The number of benzene rings is 4. The average Bonchev–Trinajstić information content (AvgIpc) is 2.95. The van der Waals surface area contributed by atoms with Gasteiger partial charge in [-0.2, -0.15) is 9.78 Å². The first-order chi connectivity index (χ1) is 19.0. The number of hydrogen-bond acceptors (Lipinski definition) is 5. The van der Waals surface area contributed by atoms with Crippen LogP contribution < -0.4 is 20.9 Å². The fourth-order valence-electron chi connectivity index (χ4n) is 3.93. The van der Waals surface area contributed by atoms with Crippen molar-refractivity contribution in [3.8, 4) is 17.2 Å². The van der Waals surface area contributed by atoms with Crippen LogP contribution in [0, 0.1) is 12.7 Å². The fraction of sp³-hybridized carbons (Fsp3) is 0.0645. The lowest BCUT2D eigenvalue weighted by molar-refractivity contribution is 0.0951. The summed E-state index contributed by atoms with van der Waals surface area (Å²) >= 11 is 0. The number of anilines is 2. The summed E-state index contributed by atoms with van der Waals surface area (Å²) in [4.78, 5) is 26.1. The smallest absolute Gasteiger partial charge is 0.299 e. The molecule has 8 heteroatoms. The van der Waals surface area contributed by atoms with Crippen LogP contribution in [0.5, 0.6) is 11.5 Å². The molecule has 0 aliphatic carbocycles. The number of nitrogens with zero attached hydrogens (tertiary/aromatic N) is 2. The number of hydrogen-bond donors (Lipinski definition) is 2. The molecule has 0 aliphatic rings. The zero-order valence-corrected chi connectivity index (χ0v) is 21.1. The molecule has 4 aromatic carbocycles. The summed E-state index contributed by atoms with van der Waals surface area (Å²) in [5.41, 5.74) is 3.09. The van der Waals surface area contributed by atoms with E-state index in [-0.39, 0.29) is 17.3 Å². The zero-order valence-electron chi connectivity index (χ0n) is 21.1. The number of nitrogens with one attached hydrogen (secondary N) is 2. The highest BCUT2D eigenvalue weighted by atomic mass is 19.1. The van der Waals surface area contributed by atoms with E-state index in [1.54, 1.807) is 30.3 Å². The highest BCUT2D eigenvalue weighted by Crippen LogP contribution is 2.29. The van der Waals surface area contributed by atoms with Gasteiger partial charge in [0, 0.05) is 17.8 Å². The van der Waals surface area contributed by atoms with Crippen molar-refractivity contribution >= 4 is 17.3 Å². The van der Waals surface area contributed by atoms with Crippen molar-refractivity contribution < 1.29 is 13.9 Å². The largest absolute Gasteiger partial charge is 0.453 e. The summed E-state index contributed by atoms with van der Waals surface area (Å²) in [6.07, 6.45) is 1.43. The molecule has 2 N–H and O–H groups in total. The van der Waals surface area contributed by atoms with Gasteiger partial charge in [0.15, 0.2) is 11.4 Å². The highest BCUT2D eigenvalue weighted by Gasteiger charge is 2.16. The summed E-state index contributed by atoms with van der Waals surface area (Å²) in [6, 6.07) is 29.3. The van der Waals surface area contributed by atoms with Gasteiger partial charge in [-0.1, -0.05) is 42.5 Å². The Morgan fingerprint density at radius 3 is 2.38 bits per heavy atom. The van der Waals surface area contributed by atoms with E-state index < -0.39 is 11.4 Å². The van der Waals surface area contributed by atoms with Crippen LogP contribution in [0.25, 0.3) is 5.69 Å². The van der Waals surface area contributed by atoms with E-state index in [1.165, 1.54) is 30.5 Å². The molecule has 5 aromatic rings. The Labute approximate surface area is 224 Å². The third-order valence-corrected chi connectivity index (χ3v) is 5.94. The van der Waals surface area contributed by atoms with Crippen LogP contribution in [0.1, 0.15) is 21.5 Å². The van der Waals surface area contributed by atoms with Gasteiger partial charge in [-0.15, -0.1) is 0 Å². The molecular weight excluding hydrogens is 495 g/mol. The number of carbonyl (C=O) groups is 1. The lowest BCUT2D eigenvalue weighted by Crippen LogP contribution is -2.24. The molecule has 1 heterocycles. The van der Waals surface area contributed by atoms with Crippen LogP contribution in [0.2, 0.25) is 0 Å². The van der Waals surface area contributed by atoms with Crippen molar-refractivity contribution in [2.45, 2.75) is 13.5 Å². The minimum Gasteiger partial charge on any atom is -0.453 e. The lowest BCUT2D eigenvalue weighted by Gasteiger charge is -2.15. The standard InChI is InChI=1S/C31H25FN4O3/c1-21-6-5-9-27(18-21)39-28-20-34-36(26-16-12-24(32)13-17-26)31(38)29(28)35-25-14-10-23(11-15-25)30(37)33-19-22-7-3-2-4-8-22/h2-18,20,35H,19H2,1H3,(H,33,37). The molecule has 1 amide bonds. The van der Waals surface area contributed by atoms with Crippen molar-refractivity contribution in [3.05, 3.63) is 142 Å². The van der Waals surface area contributed by atoms with E-state index in [1.807, 2.05) is 55.5 Å². The Morgan fingerprint density at radius 1 is 0.923 bits per heavy atom. The van der Waals surface area contributed by atoms with Gasteiger partial charge in [0.25, 0.3) is 11.5 Å². The molecule has 0 saturated carbocycles. The van der Waals surface area contributed by atoms with Crippen LogP contribution in [0.4, 0.5) is 15.8 Å². The van der Waals surface area contributed by atoms with E-state index in [0.717, 1.165) is 15.8 Å². The van der Waals surface area contributed by atoms with E-state index in [2.05, 4.69) is 15.7 Å². The normalized spacial score (nSPS) is 10.6. The number of halogens is 1. The van der Waals surface area contributed by atoms with E-state index in [9.17, 15) is 14.0 Å². The van der Waals surface area contributed by atoms with Crippen molar-refractivity contribution in [2.75, 3.05) is 5.32 Å². The van der Waals surface area contributed by atoms with Gasteiger partial charge in [0.2, 0.25) is 0 Å². The van der Waals surface area contributed by atoms with E-state index in [4.69, 9.17) is 4.74 Å². The lowest BCUT2D eigenvalue weighted by atomic mass is 10.1. The Bertz CT molecular complexity index is 1650. The van der Waals surface area contributed by atoms with Crippen LogP contribution in [-0.4, -0.2) is 15.7 Å². The van der Waals surface area contributed by atoms with Crippen LogP contribution in [0.3, 0.4) is 0 Å². The maximum absolute atomic E-state index is 13.5. The fourth-order valence-corrected chi connectivity index (χ4v) is 3.93. The van der Waals surface area contributed by atoms with Crippen molar-refractivity contribution in [1.29, 1.82) is 0 Å². The second-order valence-electron chi connectivity index (χ2n) is 8.87. The van der Waals surface area contributed by atoms with Gasteiger partial charge in [-0.3, -0.25) is 9.59 Å². The minimum absolute atomic E-state index is 0.136. The molecule has 7 nitrogen and oxygen atoms in total. The van der Waals surface area contributed by atoms with Crippen molar-refractivity contribution in [3.63, 3.8) is 0 Å². The maximum atomic E-state index is 13.5. The van der Waals surface area contributed by atoms with Crippen LogP contribution in [0.15, 0.2) is 114 Å². The summed E-state index contributed by atoms with van der Waals surface area (Å²) in [5.74, 6) is 0.131. The summed E-state index contributed by atoms with van der Waals surface area (Å²) < 4.78 is 20.7. The molecule has 0 aliphatic heterocycles. The van der Waals surface area contributed by atoms with E-state index in [0.29, 0.717) is 29.2 Å². The number of amides is 1. The van der Waals surface area contributed by atoms with Crippen LogP contribution in [-0.2, 0) is 6.54 Å². The van der Waals surface area contributed by atoms with Gasteiger partial charge < -0.3 is 15.4 Å². The molecule has 0 fully saturated rings. The van der Waals surface area contributed by atoms with Gasteiger partial charge in [0.05, 0.1) is 11.9 Å². The SMILES string of the molecule is Cc1cccc(Oc2cnn(-c3ccc(F)cc3)c(=O)c2Nc2ccc(C(=O)NCc3ccccc3)cc2)c1. The highest BCUT2D eigenvalue weighted by molar-refractivity contribution is 5.94. The summed E-state index contributed by atoms with van der Waals surface area (Å²) in [7, 11) is 0.